The molecule has 0 N–H and O–H groups in total. The van der Waals surface area contributed by atoms with Gasteiger partial charge in [0, 0.05) is 11.1 Å². The van der Waals surface area contributed by atoms with Crippen LogP contribution in [-0.4, -0.2) is 0 Å². The lowest BCUT2D eigenvalue weighted by molar-refractivity contribution is 0.623. The van der Waals surface area contributed by atoms with Gasteiger partial charge < -0.3 is 0 Å². The maximum Gasteiger partial charge on any atom is 0.139 e. The average molecular weight is 346 g/mol. The highest BCUT2D eigenvalue weighted by molar-refractivity contribution is 5.68. The lowest BCUT2D eigenvalue weighted by Crippen LogP contribution is -1.92. The third-order valence-electron chi connectivity index (χ3n) is 4.67. The summed E-state index contributed by atoms with van der Waals surface area (Å²) in [6.45, 7) is 7.94. The predicted octanol–water partition coefficient (Wildman–Crippen LogP) is 6.27. The molecule has 0 aromatic heterocycles. The van der Waals surface area contributed by atoms with Crippen molar-refractivity contribution in [2.75, 3.05) is 0 Å². The summed E-state index contributed by atoms with van der Waals surface area (Å²) >= 11 is 0. The van der Waals surface area contributed by atoms with E-state index in [0.29, 0.717) is 16.7 Å². The number of benzene rings is 3. The van der Waals surface area contributed by atoms with Crippen molar-refractivity contribution in [2.45, 2.75) is 27.7 Å². The van der Waals surface area contributed by atoms with Crippen molar-refractivity contribution >= 4 is 0 Å². The number of hydrogen-bond donors (Lipinski definition) is 0. The van der Waals surface area contributed by atoms with Crippen LogP contribution in [0.4, 0.5) is 8.78 Å². The molecule has 0 atom stereocenters. The maximum absolute atomic E-state index is 14.6. The zero-order valence-corrected chi connectivity index (χ0v) is 15.4. The lowest BCUT2D eigenvalue weighted by atomic mass is 9.95. The molecule has 0 fully saturated rings. The Hall–Kier alpha value is -2.92. The molecule has 0 bridgehead atoms. The Morgan fingerprint density at radius 1 is 0.692 bits per heavy atom. The van der Waals surface area contributed by atoms with Gasteiger partial charge in [0.2, 0.25) is 0 Å². The van der Waals surface area contributed by atoms with E-state index in [0.717, 1.165) is 22.3 Å². The van der Waals surface area contributed by atoms with E-state index in [1.165, 1.54) is 17.7 Å². The summed E-state index contributed by atoms with van der Waals surface area (Å²) in [6.07, 6.45) is 0. The second-order valence-corrected chi connectivity index (χ2v) is 6.66. The molecule has 26 heavy (non-hydrogen) atoms. The fraction of sp³-hybridized carbons (Fsp3) is 0.167. The van der Waals surface area contributed by atoms with Gasteiger partial charge in [0.1, 0.15) is 11.6 Å². The van der Waals surface area contributed by atoms with E-state index in [1.807, 2.05) is 32.9 Å². The van der Waals surface area contributed by atoms with Crippen LogP contribution >= 0.6 is 0 Å². The molecule has 0 aliphatic rings. The molecule has 0 nitrogen and oxygen atoms in total. The van der Waals surface area contributed by atoms with Gasteiger partial charge in [-0.05, 0) is 79.8 Å². The standard InChI is InChI=1S/C24H20F2/c1-15-5-8-20(23(25)11-15)9-6-19-7-10-22(24(26)14-19)21-12-16(2)18(4)17(3)13-21/h5,7-8,10-14H,1-4H3. The van der Waals surface area contributed by atoms with Gasteiger partial charge in [0.05, 0.1) is 5.56 Å². The first kappa shape index (κ1) is 17.9. The van der Waals surface area contributed by atoms with Gasteiger partial charge in [-0.25, -0.2) is 8.78 Å². The van der Waals surface area contributed by atoms with Crippen molar-refractivity contribution in [1.29, 1.82) is 0 Å². The second-order valence-electron chi connectivity index (χ2n) is 6.66. The average Bonchev–Trinajstić information content (AvgIpc) is 2.58. The van der Waals surface area contributed by atoms with Crippen molar-refractivity contribution in [3.8, 4) is 23.0 Å². The van der Waals surface area contributed by atoms with Crippen molar-refractivity contribution in [3.63, 3.8) is 0 Å². The van der Waals surface area contributed by atoms with Crippen molar-refractivity contribution in [1.82, 2.24) is 0 Å². The summed E-state index contributed by atoms with van der Waals surface area (Å²) in [5.74, 6) is 4.93. The highest BCUT2D eigenvalue weighted by atomic mass is 19.1. The summed E-state index contributed by atoms with van der Waals surface area (Å²) in [5, 5.41) is 0. The zero-order valence-electron chi connectivity index (χ0n) is 15.4. The van der Waals surface area contributed by atoms with Gasteiger partial charge in [-0.1, -0.05) is 36.1 Å². The van der Waals surface area contributed by atoms with Crippen LogP contribution in [0.25, 0.3) is 11.1 Å². The summed E-state index contributed by atoms with van der Waals surface area (Å²) in [5.41, 5.74) is 6.56. The molecule has 0 saturated carbocycles. The molecule has 0 radical (unpaired) electrons. The van der Waals surface area contributed by atoms with Gasteiger partial charge in [0.25, 0.3) is 0 Å². The first-order valence-electron chi connectivity index (χ1n) is 8.51. The Bertz CT molecular complexity index is 1030. The van der Waals surface area contributed by atoms with Gasteiger partial charge in [-0.2, -0.15) is 0 Å². The van der Waals surface area contributed by atoms with Gasteiger partial charge >= 0.3 is 0 Å². The topological polar surface area (TPSA) is 0 Å². The molecule has 0 aliphatic heterocycles. The van der Waals surface area contributed by atoms with Crippen LogP contribution in [0, 0.1) is 51.2 Å². The quantitative estimate of drug-likeness (QED) is 0.456. The van der Waals surface area contributed by atoms with E-state index in [9.17, 15) is 8.78 Å². The highest BCUT2D eigenvalue weighted by Gasteiger charge is 2.08. The third kappa shape index (κ3) is 3.68. The molecule has 0 aliphatic carbocycles. The minimum Gasteiger partial charge on any atom is -0.206 e. The molecule has 0 heterocycles. The molecule has 130 valence electrons. The normalized spacial score (nSPS) is 10.4. The Morgan fingerprint density at radius 3 is 2.00 bits per heavy atom. The molecule has 0 unspecified atom stereocenters. The maximum atomic E-state index is 14.6. The van der Waals surface area contributed by atoms with E-state index in [-0.39, 0.29) is 11.6 Å². The first-order chi connectivity index (χ1) is 12.3. The third-order valence-corrected chi connectivity index (χ3v) is 4.67. The minimum absolute atomic E-state index is 0.310. The summed E-state index contributed by atoms with van der Waals surface area (Å²) in [6, 6.07) is 13.8. The number of rotatable bonds is 1. The van der Waals surface area contributed by atoms with Crippen molar-refractivity contribution in [3.05, 3.63) is 93.5 Å². The van der Waals surface area contributed by atoms with E-state index in [4.69, 9.17) is 0 Å². The summed E-state index contributed by atoms with van der Waals surface area (Å²) < 4.78 is 28.5. The molecular weight excluding hydrogens is 326 g/mol. The van der Waals surface area contributed by atoms with Crippen LogP contribution < -0.4 is 0 Å². The van der Waals surface area contributed by atoms with E-state index in [1.54, 1.807) is 24.3 Å². The molecule has 3 aromatic carbocycles. The number of halogens is 2. The first-order valence-corrected chi connectivity index (χ1v) is 8.51. The van der Waals surface area contributed by atoms with E-state index in [2.05, 4.69) is 18.8 Å². The molecule has 3 aromatic rings. The fourth-order valence-electron chi connectivity index (χ4n) is 2.88. The van der Waals surface area contributed by atoms with Crippen LogP contribution in [-0.2, 0) is 0 Å². The predicted molar refractivity (Wildman–Crippen MR) is 103 cm³/mol. The zero-order chi connectivity index (χ0) is 18.8. The molecule has 0 amide bonds. The monoisotopic (exact) mass is 346 g/mol. The van der Waals surface area contributed by atoms with Crippen LogP contribution in [0.5, 0.6) is 0 Å². The summed E-state index contributed by atoms with van der Waals surface area (Å²) in [7, 11) is 0. The second kappa shape index (κ2) is 7.14. The highest BCUT2D eigenvalue weighted by Crippen LogP contribution is 2.27. The SMILES string of the molecule is Cc1ccc(C#Cc2ccc(-c3cc(C)c(C)c(C)c3)c(F)c2)c(F)c1. The fourth-order valence-corrected chi connectivity index (χ4v) is 2.88. The molecule has 0 spiro atoms. The van der Waals surface area contributed by atoms with Gasteiger partial charge in [0.15, 0.2) is 0 Å². The lowest BCUT2D eigenvalue weighted by Gasteiger charge is -2.10. The molecule has 0 saturated heterocycles. The molecule has 3 rings (SSSR count). The van der Waals surface area contributed by atoms with Crippen molar-refractivity contribution < 1.29 is 8.78 Å². The Labute approximate surface area is 153 Å². The van der Waals surface area contributed by atoms with E-state index < -0.39 is 0 Å². The van der Waals surface area contributed by atoms with E-state index >= 15 is 0 Å². The minimum atomic E-state index is -0.361. The van der Waals surface area contributed by atoms with Gasteiger partial charge in [-0.3, -0.25) is 0 Å². The Morgan fingerprint density at radius 2 is 1.38 bits per heavy atom. The van der Waals surface area contributed by atoms with Gasteiger partial charge in [-0.15, -0.1) is 0 Å². The largest absolute Gasteiger partial charge is 0.206 e. The Balaban J connectivity index is 1.95. The molecular formula is C24H20F2. The van der Waals surface area contributed by atoms with Crippen LogP contribution in [0.2, 0.25) is 0 Å². The van der Waals surface area contributed by atoms with Crippen LogP contribution in [0.15, 0.2) is 48.5 Å². The number of hydrogen-bond acceptors (Lipinski definition) is 0. The van der Waals surface area contributed by atoms with Crippen LogP contribution in [0.1, 0.15) is 33.4 Å². The van der Waals surface area contributed by atoms with Crippen LogP contribution in [0.3, 0.4) is 0 Å². The summed E-state index contributed by atoms with van der Waals surface area (Å²) in [4.78, 5) is 0. The smallest absolute Gasteiger partial charge is 0.139 e. The Kier molecular flexibility index (Phi) is 4.91. The molecule has 2 heteroatoms. The number of aryl methyl sites for hydroxylation is 3. The van der Waals surface area contributed by atoms with Crippen molar-refractivity contribution in [2.24, 2.45) is 0 Å².